The molecule has 80 valence electrons. The first kappa shape index (κ1) is 9.74. The summed E-state index contributed by atoms with van der Waals surface area (Å²) < 4.78 is 0. The molecule has 0 aromatic heterocycles. The third kappa shape index (κ3) is 0.713. The predicted molar refractivity (Wildman–Crippen MR) is 44.2 cm³/mol. The van der Waals surface area contributed by atoms with Gasteiger partial charge in [0.2, 0.25) is 0 Å². The molecule has 2 aliphatic heterocycles. The summed E-state index contributed by atoms with van der Waals surface area (Å²) in [6.07, 6.45) is 0. The number of likely N-dealkylation sites (tertiary alicyclic amines) is 2. The number of rotatable bonds is 2. The van der Waals surface area contributed by atoms with Gasteiger partial charge in [-0.15, -0.1) is 0 Å². The molecule has 8 nitrogen and oxygen atoms in total. The Labute approximate surface area is 83.8 Å². The van der Waals surface area contributed by atoms with Crippen molar-refractivity contribution in [1.29, 1.82) is 0 Å². The Kier molecular flexibility index (Phi) is 1.70. The van der Waals surface area contributed by atoms with Crippen LogP contribution in [-0.2, 0) is 19.2 Å². The number of hydrogen-bond donors (Lipinski definition) is 2. The van der Waals surface area contributed by atoms with Gasteiger partial charge in [-0.3, -0.25) is 29.0 Å². The maximum atomic E-state index is 11.4. The first-order valence-electron chi connectivity index (χ1n) is 4.16. The molecule has 4 amide bonds. The van der Waals surface area contributed by atoms with E-state index in [1.165, 1.54) is 0 Å². The number of carbonyl (C=O) groups is 4. The van der Waals surface area contributed by atoms with Crippen molar-refractivity contribution in [3.05, 3.63) is 0 Å². The van der Waals surface area contributed by atoms with Gasteiger partial charge < -0.3 is 11.5 Å². The van der Waals surface area contributed by atoms with Crippen LogP contribution < -0.4 is 11.5 Å². The van der Waals surface area contributed by atoms with Crippen molar-refractivity contribution in [2.24, 2.45) is 16.9 Å². The molecule has 2 heterocycles. The lowest BCUT2D eigenvalue weighted by Gasteiger charge is -2.51. The van der Waals surface area contributed by atoms with Crippen LogP contribution in [-0.4, -0.2) is 46.8 Å². The van der Waals surface area contributed by atoms with Crippen LogP contribution in [0.15, 0.2) is 0 Å². The Bertz CT molecular complexity index is 330. The molecule has 0 radical (unpaired) electrons. The monoisotopic (exact) mass is 212 g/mol. The number of amides is 4. The smallest absolute Gasteiger partial charge is 0.285 e. The van der Waals surface area contributed by atoms with E-state index in [9.17, 15) is 19.2 Å². The maximum Gasteiger partial charge on any atom is 0.285 e. The summed E-state index contributed by atoms with van der Waals surface area (Å²) in [6, 6.07) is 0. The highest BCUT2D eigenvalue weighted by atomic mass is 16.2. The molecule has 2 saturated heterocycles. The number of β-lactam (4-membered cyclic amide) rings is 4. The topological polar surface area (TPSA) is 127 Å². The molecule has 15 heavy (non-hydrogen) atoms. The van der Waals surface area contributed by atoms with Crippen LogP contribution in [0.25, 0.3) is 0 Å². The number of nitrogens with two attached hydrogens (primary N) is 2. The lowest BCUT2D eigenvalue weighted by atomic mass is 9.69. The van der Waals surface area contributed by atoms with E-state index in [1.54, 1.807) is 0 Å². The van der Waals surface area contributed by atoms with Crippen molar-refractivity contribution in [1.82, 2.24) is 9.80 Å². The lowest BCUT2D eigenvalue weighted by Crippen LogP contribution is -2.84. The number of carbonyl (C=O) groups excluding carboxylic acids is 4. The summed E-state index contributed by atoms with van der Waals surface area (Å²) in [5.74, 6) is -3.41. The van der Waals surface area contributed by atoms with E-state index in [0.29, 0.717) is 9.80 Å². The summed E-state index contributed by atoms with van der Waals surface area (Å²) in [6.45, 7) is -0.662. The second-order valence-electron chi connectivity index (χ2n) is 3.19. The molecule has 0 saturated carbocycles. The van der Waals surface area contributed by atoms with Gasteiger partial charge in [0.1, 0.15) is 0 Å². The minimum absolute atomic E-state index is 0.331. The largest absolute Gasteiger partial charge is 0.313 e. The first-order chi connectivity index (χ1) is 7.03. The van der Waals surface area contributed by atoms with E-state index >= 15 is 0 Å². The van der Waals surface area contributed by atoms with Crippen LogP contribution in [0.3, 0.4) is 0 Å². The molecule has 0 aliphatic carbocycles. The molecule has 0 atom stereocenters. The molecule has 0 aromatic carbocycles. The fourth-order valence-corrected chi connectivity index (χ4v) is 1.77. The van der Waals surface area contributed by atoms with Crippen LogP contribution in [0.2, 0.25) is 0 Å². The van der Waals surface area contributed by atoms with E-state index in [2.05, 4.69) is 0 Å². The van der Waals surface area contributed by atoms with Crippen molar-refractivity contribution in [3.8, 4) is 0 Å². The SMILES string of the molecule is NCN1C(=O)C2(C1=O)C(=O)N(CN)C2=O. The van der Waals surface area contributed by atoms with E-state index in [-0.39, 0.29) is 13.3 Å². The molecule has 8 heteroatoms. The van der Waals surface area contributed by atoms with Crippen molar-refractivity contribution < 1.29 is 19.2 Å². The summed E-state index contributed by atoms with van der Waals surface area (Å²) >= 11 is 0. The van der Waals surface area contributed by atoms with E-state index < -0.39 is 29.0 Å². The van der Waals surface area contributed by atoms with Crippen LogP contribution in [0.4, 0.5) is 0 Å². The summed E-state index contributed by atoms with van der Waals surface area (Å²) in [7, 11) is 0. The van der Waals surface area contributed by atoms with Gasteiger partial charge in [0.05, 0.1) is 13.3 Å². The van der Waals surface area contributed by atoms with Gasteiger partial charge in [-0.25, -0.2) is 0 Å². The number of nitrogens with zero attached hydrogens (tertiary/aromatic N) is 2. The summed E-state index contributed by atoms with van der Waals surface area (Å²) in [5.41, 5.74) is 8.05. The number of imide groups is 2. The molecule has 0 unspecified atom stereocenters. The van der Waals surface area contributed by atoms with Gasteiger partial charge in [-0.2, -0.15) is 0 Å². The summed E-state index contributed by atoms with van der Waals surface area (Å²) in [4.78, 5) is 46.9. The Morgan fingerprint density at radius 2 is 1.07 bits per heavy atom. The van der Waals surface area contributed by atoms with Crippen molar-refractivity contribution in [3.63, 3.8) is 0 Å². The molecule has 0 aromatic rings. The third-order valence-electron chi connectivity index (χ3n) is 2.63. The Morgan fingerprint density at radius 3 is 1.27 bits per heavy atom. The standard InChI is InChI=1S/C7H8N4O4/c8-1-10-3(12)7(4(10)13)5(14)11(2-9)6(7)15/h1-2,8-9H2. The van der Waals surface area contributed by atoms with E-state index in [1.807, 2.05) is 0 Å². The van der Waals surface area contributed by atoms with Crippen LogP contribution >= 0.6 is 0 Å². The third-order valence-corrected chi connectivity index (χ3v) is 2.63. The molecule has 0 bridgehead atoms. The Balaban J connectivity index is 2.34. The van der Waals surface area contributed by atoms with Gasteiger partial charge in [0, 0.05) is 0 Å². The van der Waals surface area contributed by atoms with Crippen LogP contribution in [0.1, 0.15) is 0 Å². The normalized spacial score (nSPS) is 23.3. The van der Waals surface area contributed by atoms with Gasteiger partial charge in [-0.05, 0) is 0 Å². The van der Waals surface area contributed by atoms with E-state index in [0.717, 1.165) is 0 Å². The maximum absolute atomic E-state index is 11.4. The Morgan fingerprint density at radius 1 is 0.800 bits per heavy atom. The lowest BCUT2D eigenvalue weighted by molar-refractivity contribution is -0.199. The molecule has 4 N–H and O–H groups in total. The van der Waals surface area contributed by atoms with Gasteiger partial charge >= 0.3 is 0 Å². The van der Waals surface area contributed by atoms with Crippen LogP contribution in [0.5, 0.6) is 0 Å². The molecule has 1 spiro atoms. The van der Waals surface area contributed by atoms with Gasteiger partial charge in [0.25, 0.3) is 29.0 Å². The average Bonchev–Trinajstić information content (AvgIpc) is 2.20. The zero-order valence-corrected chi connectivity index (χ0v) is 7.60. The summed E-state index contributed by atoms with van der Waals surface area (Å²) in [5, 5.41) is 0. The van der Waals surface area contributed by atoms with Crippen LogP contribution in [0, 0.1) is 5.41 Å². The quantitative estimate of drug-likeness (QED) is 0.362. The minimum atomic E-state index is -2.14. The molecule has 2 fully saturated rings. The molecule has 2 rings (SSSR count). The average molecular weight is 212 g/mol. The Hall–Kier alpha value is -1.80. The highest BCUT2D eigenvalue weighted by Gasteiger charge is 2.79. The second kappa shape index (κ2) is 2.61. The molecular formula is C7H8N4O4. The van der Waals surface area contributed by atoms with Crippen molar-refractivity contribution in [2.45, 2.75) is 0 Å². The second-order valence-corrected chi connectivity index (χ2v) is 3.19. The zero-order valence-electron chi connectivity index (χ0n) is 7.60. The fourth-order valence-electron chi connectivity index (χ4n) is 1.77. The minimum Gasteiger partial charge on any atom is -0.313 e. The highest BCUT2D eigenvalue weighted by Crippen LogP contribution is 2.43. The molecular weight excluding hydrogens is 204 g/mol. The fraction of sp³-hybridized carbons (Fsp3) is 0.429. The van der Waals surface area contributed by atoms with Crippen molar-refractivity contribution >= 4 is 23.6 Å². The zero-order chi connectivity index (χ0) is 11.4. The predicted octanol–water partition coefficient (Wildman–Crippen LogP) is -3.46. The first-order valence-corrected chi connectivity index (χ1v) is 4.16. The van der Waals surface area contributed by atoms with E-state index in [4.69, 9.17) is 11.5 Å². The number of hydrogen-bond acceptors (Lipinski definition) is 6. The highest BCUT2D eigenvalue weighted by molar-refractivity contribution is 6.52. The molecule has 2 aliphatic rings. The van der Waals surface area contributed by atoms with Crippen molar-refractivity contribution in [2.75, 3.05) is 13.3 Å². The van der Waals surface area contributed by atoms with Gasteiger partial charge in [-0.1, -0.05) is 0 Å². The van der Waals surface area contributed by atoms with Gasteiger partial charge in [0.15, 0.2) is 0 Å².